The third-order valence-corrected chi connectivity index (χ3v) is 3.92. The van der Waals surface area contributed by atoms with Gasteiger partial charge in [-0.3, -0.25) is 0 Å². The molecule has 0 saturated carbocycles. The summed E-state index contributed by atoms with van der Waals surface area (Å²) in [4.78, 5) is 0. The average molecular weight is 287 g/mol. The maximum absolute atomic E-state index is 14.4. The normalized spacial score (nSPS) is 12.3. The van der Waals surface area contributed by atoms with E-state index in [1.807, 2.05) is 39.1 Å². The van der Waals surface area contributed by atoms with Gasteiger partial charge in [0.1, 0.15) is 11.6 Å². The van der Waals surface area contributed by atoms with Crippen LogP contribution in [0.1, 0.15) is 33.9 Å². The molecular weight excluding hydrogens is 265 g/mol. The van der Waals surface area contributed by atoms with E-state index in [0.29, 0.717) is 11.1 Å². The van der Waals surface area contributed by atoms with Crippen LogP contribution in [0.2, 0.25) is 0 Å². The van der Waals surface area contributed by atoms with Crippen molar-refractivity contribution in [1.29, 1.82) is 0 Å². The van der Waals surface area contributed by atoms with Crippen LogP contribution in [-0.4, -0.2) is 14.2 Å². The molecule has 0 spiro atoms. The second-order valence-electron chi connectivity index (χ2n) is 5.38. The van der Waals surface area contributed by atoms with E-state index in [4.69, 9.17) is 4.74 Å². The van der Waals surface area contributed by atoms with Crippen LogP contribution in [-0.2, 0) is 0 Å². The number of nitrogens with one attached hydrogen (secondary N) is 1. The molecular formula is C18H22FNO. The third-order valence-electron chi connectivity index (χ3n) is 3.92. The smallest absolute Gasteiger partial charge is 0.131 e. The summed E-state index contributed by atoms with van der Waals surface area (Å²) in [5.41, 5.74) is 4.53. The van der Waals surface area contributed by atoms with Gasteiger partial charge < -0.3 is 10.1 Å². The Hall–Kier alpha value is -1.87. The van der Waals surface area contributed by atoms with Gasteiger partial charge in [0, 0.05) is 5.56 Å². The molecule has 0 saturated heterocycles. The first-order valence-electron chi connectivity index (χ1n) is 7.07. The summed E-state index contributed by atoms with van der Waals surface area (Å²) in [7, 11) is 3.52. The van der Waals surface area contributed by atoms with E-state index in [1.165, 1.54) is 0 Å². The Morgan fingerprint density at radius 3 is 2.33 bits per heavy atom. The summed E-state index contributed by atoms with van der Waals surface area (Å²) in [6.45, 7) is 5.81. The predicted octanol–water partition coefficient (Wildman–Crippen LogP) is 4.07. The van der Waals surface area contributed by atoms with Crippen LogP contribution < -0.4 is 10.1 Å². The van der Waals surface area contributed by atoms with Gasteiger partial charge in [0.25, 0.3) is 0 Å². The lowest BCUT2D eigenvalue weighted by Gasteiger charge is -2.22. The standard InChI is InChI=1S/C18H22FNO/c1-11-7-6-8-14(17(11)19)18(20-4)15-9-13(3)16(21-5)10-12(15)2/h6-10,18,20H,1-5H3. The van der Waals surface area contributed by atoms with E-state index in [-0.39, 0.29) is 11.9 Å². The minimum Gasteiger partial charge on any atom is -0.496 e. The number of hydrogen-bond donors (Lipinski definition) is 1. The molecule has 0 aliphatic heterocycles. The minimum absolute atomic E-state index is 0.148. The van der Waals surface area contributed by atoms with Gasteiger partial charge >= 0.3 is 0 Å². The molecule has 112 valence electrons. The monoisotopic (exact) mass is 287 g/mol. The molecule has 1 unspecified atom stereocenters. The third kappa shape index (κ3) is 2.93. The van der Waals surface area contributed by atoms with Gasteiger partial charge in [-0.15, -0.1) is 0 Å². The van der Waals surface area contributed by atoms with Crippen LogP contribution in [0.5, 0.6) is 5.75 Å². The van der Waals surface area contributed by atoms with Crippen LogP contribution in [0.3, 0.4) is 0 Å². The largest absolute Gasteiger partial charge is 0.496 e. The molecule has 2 nitrogen and oxygen atoms in total. The van der Waals surface area contributed by atoms with Crippen molar-refractivity contribution in [3.05, 3.63) is 64.0 Å². The van der Waals surface area contributed by atoms with E-state index >= 15 is 0 Å². The summed E-state index contributed by atoms with van der Waals surface area (Å²) >= 11 is 0. The molecule has 0 aromatic heterocycles. The zero-order valence-corrected chi connectivity index (χ0v) is 13.3. The Morgan fingerprint density at radius 2 is 1.71 bits per heavy atom. The second kappa shape index (κ2) is 6.27. The van der Waals surface area contributed by atoms with Crippen molar-refractivity contribution in [3.63, 3.8) is 0 Å². The molecule has 1 N–H and O–H groups in total. The summed E-state index contributed by atoms with van der Waals surface area (Å²) in [6.07, 6.45) is 0. The van der Waals surface area contributed by atoms with E-state index in [2.05, 4.69) is 11.4 Å². The lowest BCUT2D eigenvalue weighted by molar-refractivity contribution is 0.411. The summed E-state index contributed by atoms with van der Waals surface area (Å²) < 4.78 is 19.8. The first-order chi connectivity index (χ1) is 9.99. The van der Waals surface area contributed by atoms with Gasteiger partial charge in [0.15, 0.2) is 0 Å². The molecule has 0 fully saturated rings. The SMILES string of the molecule is CNC(c1cc(C)c(OC)cc1C)c1cccc(C)c1F. The van der Waals surface area contributed by atoms with Gasteiger partial charge in [0.2, 0.25) is 0 Å². The van der Waals surface area contributed by atoms with Gasteiger partial charge in [-0.2, -0.15) is 0 Å². The number of ether oxygens (including phenoxy) is 1. The van der Waals surface area contributed by atoms with Crippen LogP contribution in [0.4, 0.5) is 4.39 Å². The molecule has 2 aromatic rings. The molecule has 0 aliphatic carbocycles. The van der Waals surface area contributed by atoms with Crippen molar-refractivity contribution >= 4 is 0 Å². The van der Waals surface area contributed by atoms with Crippen molar-refractivity contribution in [2.75, 3.05) is 14.2 Å². The quantitative estimate of drug-likeness (QED) is 0.915. The maximum Gasteiger partial charge on any atom is 0.131 e. The number of benzene rings is 2. The lowest BCUT2D eigenvalue weighted by atomic mass is 9.92. The van der Waals surface area contributed by atoms with E-state index < -0.39 is 0 Å². The molecule has 2 rings (SSSR count). The Bertz CT molecular complexity index is 652. The van der Waals surface area contributed by atoms with Gasteiger partial charge in [-0.25, -0.2) is 4.39 Å². The summed E-state index contributed by atoms with van der Waals surface area (Å²) in [6, 6.07) is 9.42. The van der Waals surface area contributed by atoms with Gasteiger partial charge in [-0.1, -0.05) is 24.3 Å². The van der Waals surface area contributed by atoms with E-state index in [0.717, 1.165) is 22.4 Å². The van der Waals surface area contributed by atoms with Crippen molar-refractivity contribution in [2.45, 2.75) is 26.8 Å². The molecule has 0 bridgehead atoms. The number of hydrogen-bond acceptors (Lipinski definition) is 2. The lowest BCUT2D eigenvalue weighted by Crippen LogP contribution is -2.20. The summed E-state index contributed by atoms with van der Waals surface area (Å²) in [5, 5.41) is 3.23. The highest BCUT2D eigenvalue weighted by molar-refractivity contribution is 5.46. The van der Waals surface area contributed by atoms with Crippen LogP contribution in [0, 0.1) is 26.6 Å². The van der Waals surface area contributed by atoms with Crippen molar-refractivity contribution in [1.82, 2.24) is 5.32 Å². The Balaban J connectivity index is 2.57. The van der Waals surface area contributed by atoms with E-state index in [9.17, 15) is 4.39 Å². The predicted molar refractivity (Wildman–Crippen MR) is 84.5 cm³/mol. The zero-order valence-electron chi connectivity index (χ0n) is 13.3. The molecule has 3 heteroatoms. The van der Waals surface area contributed by atoms with Crippen molar-refractivity contribution in [2.24, 2.45) is 0 Å². The molecule has 0 amide bonds. The van der Waals surface area contributed by atoms with Crippen LogP contribution in [0.15, 0.2) is 30.3 Å². The highest BCUT2D eigenvalue weighted by Crippen LogP contribution is 2.31. The summed E-state index contributed by atoms with van der Waals surface area (Å²) in [5.74, 6) is 0.709. The van der Waals surface area contributed by atoms with E-state index in [1.54, 1.807) is 20.1 Å². The Labute approximate surface area is 126 Å². The topological polar surface area (TPSA) is 21.3 Å². The first-order valence-corrected chi connectivity index (χ1v) is 7.07. The molecule has 1 atom stereocenters. The highest BCUT2D eigenvalue weighted by atomic mass is 19.1. The Kier molecular flexibility index (Phi) is 4.63. The first kappa shape index (κ1) is 15.5. The highest BCUT2D eigenvalue weighted by Gasteiger charge is 2.20. The fourth-order valence-corrected chi connectivity index (χ4v) is 2.71. The number of halogens is 1. The van der Waals surface area contributed by atoms with Crippen LogP contribution in [0.25, 0.3) is 0 Å². The number of rotatable bonds is 4. The maximum atomic E-state index is 14.4. The Morgan fingerprint density at radius 1 is 1.00 bits per heavy atom. The number of aryl methyl sites for hydroxylation is 3. The van der Waals surface area contributed by atoms with Gasteiger partial charge in [-0.05, 0) is 56.1 Å². The second-order valence-corrected chi connectivity index (χ2v) is 5.38. The molecule has 0 aliphatic rings. The number of methoxy groups -OCH3 is 1. The van der Waals surface area contributed by atoms with Gasteiger partial charge in [0.05, 0.1) is 13.2 Å². The minimum atomic E-state index is -0.172. The van der Waals surface area contributed by atoms with Crippen molar-refractivity contribution < 1.29 is 9.13 Å². The fourth-order valence-electron chi connectivity index (χ4n) is 2.71. The molecule has 0 radical (unpaired) electrons. The fraction of sp³-hybridized carbons (Fsp3) is 0.333. The van der Waals surface area contributed by atoms with Crippen molar-refractivity contribution in [3.8, 4) is 5.75 Å². The van der Waals surface area contributed by atoms with Crippen LogP contribution >= 0.6 is 0 Å². The molecule has 21 heavy (non-hydrogen) atoms. The molecule has 0 heterocycles. The average Bonchev–Trinajstić information content (AvgIpc) is 2.47. The molecule has 2 aromatic carbocycles. The zero-order chi connectivity index (χ0) is 15.6.